The molecule has 2 amide bonds. The number of nitrogen functional groups attached to an aromatic ring is 1. The van der Waals surface area contributed by atoms with Gasteiger partial charge >= 0.3 is 12.1 Å². The van der Waals surface area contributed by atoms with Crippen LogP contribution in [0.4, 0.5) is 16.2 Å². The molecule has 0 heterocycles. The zero-order valence-electron chi connectivity index (χ0n) is 15.8. The summed E-state index contributed by atoms with van der Waals surface area (Å²) in [7, 11) is 0. The molecule has 0 radical (unpaired) electrons. The van der Waals surface area contributed by atoms with Gasteiger partial charge in [-0.15, -0.1) is 0 Å². The minimum Gasteiger partial charge on any atom is -0.478 e. The molecule has 1 atom stereocenters. The van der Waals surface area contributed by atoms with Gasteiger partial charge in [0.1, 0.15) is 11.6 Å². The average Bonchev–Trinajstić information content (AvgIpc) is 2.46. The lowest BCUT2D eigenvalue weighted by molar-refractivity contribution is -0.118. The van der Waals surface area contributed by atoms with Crippen molar-refractivity contribution >= 4 is 29.3 Å². The minimum atomic E-state index is -1.13. The van der Waals surface area contributed by atoms with Crippen molar-refractivity contribution in [3.63, 3.8) is 0 Å². The van der Waals surface area contributed by atoms with Gasteiger partial charge in [0.2, 0.25) is 5.91 Å². The molecule has 0 spiro atoms. The molecule has 0 bridgehead atoms. The molecule has 0 saturated heterocycles. The first-order valence-corrected chi connectivity index (χ1v) is 8.32. The largest absolute Gasteiger partial charge is 0.478 e. The SMILES string of the molecule is CC(C)CC(NC(=O)OC(C)(C)C)C(=O)Nc1cc(C(=O)O)ccc1N. The van der Waals surface area contributed by atoms with Crippen molar-refractivity contribution in [3.05, 3.63) is 23.8 Å². The summed E-state index contributed by atoms with van der Waals surface area (Å²) in [6.45, 7) is 9.00. The lowest BCUT2D eigenvalue weighted by Gasteiger charge is -2.24. The van der Waals surface area contributed by atoms with Crippen molar-refractivity contribution in [3.8, 4) is 0 Å². The first-order chi connectivity index (χ1) is 11.9. The third kappa shape index (κ3) is 7.00. The van der Waals surface area contributed by atoms with Gasteiger partial charge in [-0.2, -0.15) is 0 Å². The van der Waals surface area contributed by atoms with Crippen LogP contribution in [-0.4, -0.2) is 34.7 Å². The molecule has 1 unspecified atom stereocenters. The third-order valence-corrected chi connectivity index (χ3v) is 3.27. The van der Waals surface area contributed by atoms with Gasteiger partial charge in [0.25, 0.3) is 0 Å². The second-order valence-electron chi connectivity index (χ2n) is 7.42. The normalized spacial score (nSPS) is 12.4. The van der Waals surface area contributed by atoms with Crippen LogP contribution in [0.15, 0.2) is 18.2 Å². The molecule has 1 aromatic rings. The number of ether oxygens (including phenoxy) is 1. The fraction of sp³-hybridized carbons (Fsp3) is 0.500. The van der Waals surface area contributed by atoms with Crippen molar-refractivity contribution in [1.82, 2.24) is 5.32 Å². The van der Waals surface area contributed by atoms with Crippen molar-refractivity contribution in [2.45, 2.75) is 52.7 Å². The van der Waals surface area contributed by atoms with E-state index in [1.54, 1.807) is 20.8 Å². The third-order valence-electron chi connectivity index (χ3n) is 3.27. The Bertz CT molecular complexity index is 680. The number of anilines is 2. The molecule has 1 rings (SSSR count). The molecular weight excluding hydrogens is 338 g/mol. The van der Waals surface area contributed by atoms with Gasteiger partial charge in [0.05, 0.1) is 16.9 Å². The number of carbonyl (C=O) groups is 3. The summed E-state index contributed by atoms with van der Waals surface area (Å²) in [4.78, 5) is 35.7. The minimum absolute atomic E-state index is 0.00462. The molecule has 0 aliphatic heterocycles. The summed E-state index contributed by atoms with van der Waals surface area (Å²) >= 11 is 0. The molecule has 144 valence electrons. The number of aromatic carboxylic acids is 1. The second-order valence-corrected chi connectivity index (χ2v) is 7.42. The Hall–Kier alpha value is -2.77. The van der Waals surface area contributed by atoms with Gasteiger partial charge < -0.3 is 26.2 Å². The molecule has 0 saturated carbocycles. The monoisotopic (exact) mass is 365 g/mol. The number of carboxylic acids is 1. The number of rotatable bonds is 6. The summed E-state index contributed by atoms with van der Waals surface area (Å²) in [6.07, 6.45) is -0.325. The summed E-state index contributed by atoms with van der Waals surface area (Å²) in [5.74, 6) is -1.51. The average molecular weight is 365 g/mol. The van der Waals surface area contributed by atoms with Crippen LogP contribution < -0.4 is 16.4 Å². The van der Waals surface area contributed by atoms with Gasteiger partial charge in [0.15, 0.2) is 0 Å². The van der Waals surface area contributed by atoms with Crippen molar-refractivity contribution in [1.29, 1.82) is 0 Å². The van der Waals surface area contributed by atoms with E-state index in [2.05, 4.69) is 10.6 Å². The molecule has 1 aromatic carbocycles. The Morgan fingerprint density at radius 1 is 1.23 bits per heavy atom. The van der Waals surface area contributed by atoms with Crippen LogP contribution in [0.3, 0.4) is 0 Å². The zero-order valence-corrected chi connectivity index (χ0v) is 15.8. The number of nitrogens with one attached hydrogen (secondary N) is 2. The maximum atomic E-state index is 12.6. The molecule has 0 aromatic heterocycles. The van der Waals surface area contributed by atoms with E-state index in [0.29, 0.717) is 6.42 Å². The van der Waals surface area contributed by atoms with Gasteiger partial charge in [-0.25, -0.2) is 9.59 Å². The van der Waals surface area contributed by atoms with E-state index in [1.807, 2.05) is 13.8 Å². The van der Waals surface area contributed by atoms with Gasteiger partial charge in [0, 0.05) is 0 Å². The van der Waals surface area contributed by atoms with Crippen LogP contribution in [0, 0.1) is 5.92 Å². The molecule has 0 fully saturated rings. The van der Waals surface area contributed by atoms with Crippen LogP contribution >= 0.6 is 0 Å². The maximum absolute atomic E-state index is 12.6. The first-order valence-electron chi connectivity index (χ1n) is 8.32. The molecule has 5 N–H and O–H groups in total. The molecule has 8 nitrogen and oxygen atoms in total. The van der Waals surface area contributed by atoms with E-state index in [0.717, 1.165) is 0 Å². The van der Waals surface area contributed by atoms with Crippen LogP contribution in [-0.2, 0) is 9.53 Å². The van der Waals surface area contributed by atoms with Crippen LogP contribution in [0.5, 0.6) is 0 Å². The Balaban J connectivity index is 2.94. The Kier molecular flexibility index (Phi) is 7.00. The standard InChI is InChI=1S/C18H27N3O5/c1-10(2)8-14(21-17(25)26-18(3,4)5)15(22)20-13-9-11(16(23)24)6-7-12(13)19/h6-7,9-10,14H,8,19H2,1-5H3,(H,20,22)(H,21,25)(H,23,24). The van der Waals surface area contributed by atoms with E-state index in [4.69, 9.17) is 15.6 Å². The number of alkyl carbamates (subject to hydrolysis) is 1. The molecule has 8 heteroatoms. The number of amides is 2. The zero-order chi connectivity index (χ0) is 20.1. The topological polar surface area (TPSA) is 131 Å². The molecule has 0 aliphatic rings. The van der Waals surface area contributed by atoms with Crippen LogP contribution in [0.1, 0.15) is 51.4 Å². The number of carboxylic acid groups (broad SMARTS) is 1. The molecular formula is C18H27N3O5. The first kappa shape index (κ1) is 21.3. The Morgan fingerprint density at radius 2 is 1.85 bits per heavy atom. The Labute approximate surface area is 153 Å². The van der Waals surface area contributed by atoms with E-state index in [9.17, 15) is 14.4 Å². The fourth-order valence-electron chi connectivity index (χ4n) is 2.17. The van der Waals surface area contributed by atoms with E-state index in [-0.39, 0.29) is 22.9 Å². The van der Waals surface area contributed by atoms with Crippen LogP contribution in [0.2, 0.25) is 0 Å². The van der Waals surface area contributed by atoms with E-state index < -0.39 is 29.6 Å². The highest BCUT2D eigenvalue weighted by Gasteiger charge is 2.25. The highest BCUT2D eigenvalue weighted by molar-refractivity contribution is 6.00. The number of hydrogen-bond acceptors (Lipinski definition) is 5. The Morgan fingerprint density at radius 3 is 2.35 bits per heavy atom. The predicted octanol–water partition coefficient (Wildman–Crippen LogP) is 2.84. The summed E-state index contributed by atoms with van der Waals surface area (Å²) < 4.78 is 5.19. The molecule has 26 heavy (non-hydrogen) atoms. The van der Waals surface area contributed by atoms with E-state index in [1.165, 1.54) is 18.2 Å². The fourth-order valence-corrected chi connectivity index (χ4v) is 2.17. The lowest BCUT2D eigenvalue weighted by Crippen LogP contribution is -2.46. The summed E-state index contributed by atoms with van der Waals surface area (Å²) in [6, 6.07) is 3.17. The smallest absolute Gasteiger partial charge is 0.408 e. The lowest BCUT2D eigenvalue weighted by atomic mass is 10.0. The van der Waals surface area contributed by atoms with E-state index >= 15 is 0 Å². The van der Waals surface area contributed by atoms with Gasteiger partial charge in [-0.05, 0) is 51.3 Å². The number of carbonyl (C=O) groups excluding carboxylic acids is 2. The van der Waals surface area contributed by atoms with Gasteiger partial charge in [-0.3, -0.25) is 4.79 Å². The second kappa shape index (κ2) is 8.55. The number of benzene rings is 1. The molecule has 0 aliphatic carbocycles. The number of hydrogen-bond donors (Lipinski definition) is 4. The van der Waals surface area contributed by atoms with Crippen LogP contribution in [0.25, 0.3) is 0 Å². The quantitative estimate of drug-likeness (QED) is 0.573. The summed E-state index contributed by atoms with van der Waals surface area (Å²) in [5, 5.41) is 14.2. The van der Waals surface area contributed by atoms with Crippen molar-refractivity contribution < 1.29 is 24.2 Å². The maximum Gasteiger partial charge on any atom is 0.408 e. The summed E-state index contributed by atoms with van der Waals surface area (Å²) in [5.41, 5.74) is 5.51. The predicted molar refractivity (Wildman–Crippen MR) is 99.1 cm³/mol. The highest BCUT2D eigenvalue weighted by Crippen LogP contribution is 2.21. The van der Waals surface area contributed by atoms with Crippen molar-refractivity contribution in [2.75, 3.05) is 11.1 Å². The number of nitrogens with two attached hydrogens (primary N) is 1. The van der Waals surface area contributed by atoms with Gasteiger partial charge in [-0.1, -0.05) is 13.8 Å². The van der Waals surface area contributed by atoms with Crippen molar-refractivity contribution in [2.24, 2.45) is 5.92 Å². The highest BCUT2D eigenvalue weighted by atomic mass is 16.6.